The number of halogens is 2. The molecule has 23 heteroatoms. The molecule has 1 saturated carbocycles. The molecule has 4 aromatic rings. The van der Waals surface area contributed by atoms with Gasteiger partial charge in [0.1, 0.15) is 58.7 Å². The number of thiazole rings is 1. The van der Waals surface area contributed by atoms with Crippen LogP contribution in [0.5, 0.6) is 5.75 Å². The van der Waals surface area contributed by atoms with Gasteiger partial charge in [-0.2, -0.15) is 0 Å². The van der Waals surface area contributed by atoms with E-state index in [1.165, 1.54) is 23.5 Å². The Morgan fingerprint density at radius 2 is 1.59 bits per heavy atom. The second-order valence-electron chi connectivity index (χ2n) is 25.7. The number of carbonyl (C=O) groups is 5. The third kappa shape index (κ3) is 16.7. The average Bonchev–Trinajstić information content (AvgIpc) is 4.06. The summed E-state index contributed by atoms with van der Waals surface area (Å²) in [6, 6.07) is 10.3. The monoisotopic (exact) mass is 1220 g/mol. The maximum absolute atomic E-state index is 15.7. The zero-order chi connectivity index (χ0) is 61.1. The van der Waals surface area contributed by atoms with E-state index in [1.807, 2.05) is 11.0 Å². The largest absolute Gasteiger partial charge is 0.492 e. The first-order chi connectivity index (χ1) is 42.0. The Morgan fingerprint density at radius 3 is 2.34 bits per heavy atom. The van der Waals surface area contributed by atoms with Gasteiger partial charge in [-0.1, -0.05) is 45.2 Å². The number of nitrogens with zero attached hydrogens (tertiary/aromatic N) is 9. The summed E-state index contributed by atoms with van der Waals surface area (Å²) in [7, 11) is 1.73. The number of ketones is 1. The van der Waals surface area contributed by atoms with E-state index in [0.29, 0.717) is 92.7 Å². The SMILES string of the molecule is CN[C@@H](C)C(=O)N[C@H](C(=O)N1CCC[C@H]1c1nc(C(=O)c2cccc(OCCNC(=O)CCN3CCN(CCCNc4cc(N5CCC6(CC5)CN(c5cc(F)c(CN7CCC(C)(C)CC7)cc5F)CC(=O)N6)ncn4)CC3)c2)cs1)C1CCCCC1. The summed E-state index contributed by atoms with van der Waals surface area (Å²) in [6.45, 7) is 17.1. The molecule has 5 N–H and O–H groups in total. The predicted octanol–water partition coefficient (Wildman–Crippen LogP) is 6.38. The Balaban J connectivity index is 0.594. The molecule has 2 aromatic heterocycles. The minimum atomic E-state index is -0.594. The number of benzene rings is 2. The average molecular weight is 1220 g/mol. The molecule has 0 bridgehead atoms. The smallest absolute Gasteiger partial charge is 0.246 e. The number of anilines is 3. The molecule has 6 fully saturated rings. The quantitative estimate of drug-likeness (QED) is 0.0380. The molecular formula is C64H90F2N14O6S. The third-order valence-corrected chi connectivity index (χ3v) is 19.9. The number of amides is 4. The maximum Gasteiger partial charge on any atom is 0.246 e. The molecule has 20 nitrogen and oxygen atoms in total. The van der Waals surface area contributed by atoms with Crippen molar-refractivity contribution in [2.45, 2.75) is 134 Å². The summed E-state index contributed by atoms with van der Waals surface area (Å²) in [5.74, 6) is 0.470. The van der Waals surface area contributed by atoms with Gasteiger partial charge < -0.3 is 55.8 Å². The lowest BCUT2D eigenvalue weighted by Gasteiger charge is -2.48. The van der Waals surface area contributed by atoms with E-state index < -0.39 is 29.3 Å². The second kappa shape index (κ2) is 29.3. The highest BCUT2D eigenvalue weighted by Gasteiger charge is 2.43. The summed E-state index contributed by atoms with van der Waals surface area (Å²) in [5.41, 5.74) is 0.926. The van der Waals surface area contributed by atoms with Crippen molar-refractivity contribution >= 4 is 58.1 Å². The van der Waals surface area contributed by atoms with E-state index in [0.717, 1.165) is 128 Å². The Bertz CT molecular complexity index is 3010. The van der Waals surface area contributed by atoms with E-state index in [1.54, 1.807) is 54.8 Å². The maximum atomic E-state index is 15.7. The van der Waals surface area contributed by atoms with Gasteiger partial charge in [-0.05, 0) is 121 Å². The number of likely N-dealkylation sites (tertiary alicyclic amines) is 2. The normalized spacial score (nSPS) is 21.1. The summed E-state index contributed by atoms with van der Waals surface area (Å²) >= 11 is 1.38. The first kappa shape index (κ1) is 63.6. The molecule has 0 radical (unpaired) electrons. The molecule has 5 saturated heterocycles. The lowest BCUT2D eigenvalue weighted by Crippen LogP contribution is -2.66. The highest BCUT2D eigenvalue weighted by molar-refractivity contribution is 7.10. The minimum Gasteiger partial charge on any atom is -0.492 e. The molecule has 10 rings (SSSR count). The van der Waals surface area contributed by atoms with Crippen molar-refractivity contribution in [3.63, 3.8) is 0 Å². The Kier molecular flexibility index (Phi) is 21.4. The molecule has 5 aliphatic heterocycles. The van der Waals surface area contributed by atoms with Crippen LogP contribution < -0.4 is 41.1 Å². The Morgan fingerprint density at radius 1 is 0.828 bits per heavy atom. The molecule has 3 atom stereocenters. The lowest BCUT2D eigenvalue weighted by molar-refractivity contribution is -0.139. The number of carbonyl (C=O) groups excluding carboxylic acids is 5. The molecular weight excluding hydrogens is 1130 g/mol. The number of hydrogen-bond acceptors (Lipinski definition) is 17. The number of nitrogens with one attached hydrogen (secondary N) is 5. The first-order valence-corrected chi connectivity index (χ1v) is 32.7. The molecule has 472 valence electrons. The van der Waals surface area contributed by atoms with Crippen LogP contribution in [0.25, 0.3) is 0 Å². The summed E-state index contributed by atoms with van der Waals surface area (Å²) in [6.07, 6.45) is 12.8. The van der Waals surface area contributed by atoms with Gasteiger partial charge in [0.25, 0.3) is 0 Å². The molecule has 87 heavy (non-hydrogen) atoms. The van der Waals surface area contributed by atoms with E-state index in [9.17, 15) is 24.0 Å². The fourth-order valence-electron chi connectivity index (χ4n) is 13.3. The minimum absolute atomic E-state index is 0.0257. The van der Waals surface area contributed by atoms with Crippen molar-refractivity contribution in [2.75, 3.05) is 127 Å². The van der Waals surface area contributed by atoms with Gasteiger partial charge in [0.05, 0.1) is 36.4 Å². The van der Waals surface area contributed by atoms with Crippen molar-refractivity contribution in [1.29, 1.82) is 0 Å². The van der Waals surface area contributed by atoms with Gasteiger partial charge >= 0.3 is 0 Å². The van der Waals surface area contributed by atoms with Crippen molar-refractivity contribution in [3.8, 4) is 5.75 Å². The molecule has 6 aliphatic rings. The summed E-state index contributed by atoms with van der Waals surface area (Å²) in [4.78, 5) is 93.6. The Labute approximate surface area is 515 Å². The lowest BCUT2D eigenvalue weighted by atomic mass is 9.82. The molecule has 2 aromatic carbocycles. The molecule has 0 unspecified atom stereocenters. The summed E-state index contributed by atoms with van der Waals surface area (Å²) in [5, 5.41) is 18.2. The van der Waals surface area contributed by atoms with E-state index in [-0.39, 0.29) is 65.6 Å². The van der Waals surface area contributed by atoms with Crippen LogP contribution in [0.1, 0.15) is 137 Å². The predicted molar refractivity (Wildman–Crippen MR) is 333 cm³/mol. The van der Waals surface area contributed by atoms with Crippen LogP contribution in [0.2, 0.25) is 0 Å². The fraction of sp³-hybridized carbons (Fsp3) is 0.625. The number of ether oxygens (including phenoxy) is 1. The van der Waals surface area contributed by atoms with Crippen LogP contribution in [-0.4, -0.2) is 193 Å². The standard InChI is InChI=1S/C64H90F2N14O6S/c1-44(67-4)60(84)73-58(45-11-6-5-7-12-45)62(85)80-24-9-15-52(80)61-72-51(41-87-61)59(83)46-13-8-14-48(35-46)86-34-22-69-56(81)16-25-76-32-30-75(31-33-76)23-10-21-68-54-38-55(71-43-70-54)78-28-19-64(20-29-78)42-79(40-57(82)74-64)53-37-49(65)47(36-50(53)66)39-77-26-17-63(2,3)18-27-77/h8,13-14,35-38,41,43-45,52,58,67H,5-7,9-12,15-34,39-40,42H2,1-4H3,(H,69,81)(H,73,84)(H,74,82)(H,68,70,71)/t44-,52-,58-/m0/s1. The zero-order valence-corrected chi connectivity index (χ0v) is 52.2. The Hall–Kier alpha value is -6.40. The second-order valence-corrected chi connectivity index (χ2v) is 26.6. The van der Waals surface area contributed by atoms with Crippen molar-refractivity contribution < 1.29 is 37.5 Å². The van der Waals surface area contributed by atoms with Crippen LogP contribution in [0, 0.1) is 23.0 Å². The van der Waals surface area contributed by atoms with Crippen molar-refractivity contribution in [2.24, 2.45) is 11.3 Å². The number of piperazine rings is 2. The van der Waals surface area contributed by atoms with Gasteiger partial charge in [-0.15, -0.1) is 11.3 Å². The van der Waals surface area contributed by atoms with Crippen molar-refractivity contribution in [1.82, 2.24) is 55.8 Å². The highest BCUT2D eigenvalue weighted by Crippen LogP contribution is 2.38. The molecule has 4 amide bonds. The van der Waals surface area contributed by atoms with Gasteiger partial charge in [0.2, 0.25) is 29.4 Å². The molecule has 7 heterocycles. The topological polar surface area (TPSA) is 213 Å². The van der Waals surface area contributed by atoms with Crippen LogP contribution in [0.4, 0.5) is 26.1 Å². The highest BCUT2D eigenvalue weighted by atomic mass is 32.1. The molecule has 1 aliphatic carbocycles. The number of rotatable bonds is 24. The number of aromatic nitrogens is 3. The number of likely N-dealkylation sites (N-methyl/N-ethyl adjacent to an activating group) is 1. The first-order valence-electron chi connectivity index (χ1n) is 31.8. The van der Waals surface area contributed by atoms with Crippen LogP contribution in [0.15, 0.2) is 54.2 Å². The van der Waals surface area contributed by atoms with Gasteiger partial charge in [-0.25, -0.2) is 23.7 Å². The van der Waals surface area contributed by atoms with Crippen LogP contribution in [0.3, 0.4) is 0 Å². The van der Waals surface area contributed by atoms with Gasteiger partial charge in [-0.3, -0.25) is 28.9 Å². The van der Waals surface area contributed by atoms with E-state index in [2.05, 4.69) is 70.0 Å². The van der Waals surface area contributed by atoms with Gasteiger partial charge in [0, 0.05) is 107 Å². The van der Waals surface area contributed by atoms with E-state index in [4.69, 9.17) is 9.72 Å². The van der Waals surface area contributed by atoms with Crippen LogP contribution >= 0.6 is 11.3 Å². The zero-order valence-electron chi connectivity index (χ0n) is 51.4. The van der Waals surface area contributed by atoms with Gasteiger partial charge in [0.15, 0.2) is 0 Å². The van der Waals surface area contributed by atoms with Crippen molar-refractivity contribution in [3.05, 3.63) is 87.6 Å². The third-order valence-electron chi connectivity index (χ3n) is 18.9. The molecule has 1 spiro atoms. The summed E-state index contributed by atoms with van der Waals surface area (Å²) < 4.78 is 37.3. The fourth-order valence-corrected chi connectivity index (χ4v) is 14.3. The number of hydrogen-bond donors (Lipinski definition) is 5. The van der Waals surface area contributed by atoms with E-state index >= 15 is 8.78 Å². The van der Waals surface area contributed by atoms with Crippen LogP contribution in [-0.2, 0) is 25.7 Å². The number of piperidine rings is 2.